The minimum atomic E-state index is -0.896. The van der Waals surface area contributed by atoms with Gasteiger partial charge < -0.3 is 9.84 Å². The summed E-state index contributed by atoms with van der Waals surface area (Å²) in [6.07, 6.45) is 1.52. The van der Waals surface area contributed by atoms with Gasteiger partial charge in [0.2, 0.25) is 0 Å². The maximum Gasteiger partial charge on any atom is 0.331 e. The highest BCUT2D eigenvalue weighted by atomic mass is 16.5. The van der Waals surface area contributed by atoms with Crippen molar-refractivity contribution in [1.29, 1.82) is 0 Å². The van der Waals surface area contributed by atoms with Gasteiger partial charge in [-0.05, 0) is 13.0 Å². The fourth-order valence-electron chi connectivity index (χ4n) is 0.296. The third-order valence-electron chi connectivity index (χ3n) is 0.894. The summed E-state index contributed by atoms with van der Waals surface area (Å²) in [4.78, 5) is 10.1. The fourth-order valence-corrected chi connectivity index (χ4v) is 0.296. The van der Waals surface area contributed by atoms with Crippen LogP contribution in [0.2, 0.25) is 0 Å². The third-order valence-corrected chi connectivity index (χ3v) is 0.894. The highest BCUT2D eigenvalue weighted by molar-refractivity contribution is 5.85. The topological polar surface area (TPSA) is 46.5 Å². The van der Waals surface area contributed by atoms with Crippen molar-refractivity contribution in [2.45, 2.75) is 6.92 Å². The zero-order valence-corrected chi connectivity index (χ0v) is 5.55. The average Bonchev–Trinajstić information content (AvgIpc) is 1.82. The molecule has 0 aliphatic rings. The normalized spacial score (nSPS) is 11.6. The molecule has 0 aromatic heterocycles. The van der Waals surface area contributed by atoms with E-state index in [1.54, 1.807) is 0 Å². The molecule has 0 bridgehead atoms. The second kappa shape index (κ2) is 4.09. The molecule has 52 valence electrons. The van der Waals surface area contributed by atoms with Crippen molar-refractivity contribution < 1.29 is 14.6 Å². The van der Waals surface area contributed by atoms with Crippen LogP contribution in [0.5, 0.6) is 0 Å². The van der Waals surface area contributed by atoms with E-state index in [1.165, 1.54) is 20.1 Å². The van der Waals surface area contributed by atoms with E-state index < -0.39 is 5.97 Å². The standard InChI is InChI=1S/C6H10O3/c1-5(6(7)8)3-4-9-2/h3H,4H2,1-2H3,(H,7,8)/b5-3+. The lowest BCUT2D eigenvalue weighted by Gasteiger charge is -1.91. The molecule has 0 aromatic rings. The Morgan fingerprint density at radius 3 is 2.67 bits per heavy atom. The molecule has 3 nitrogen and oxygen atoms in total. The van der Waals surface area contributed by atoms with E-state index in [1.807, 2.05) is 0 Å². The van der Waals surface area contributed by atoms with Crippen molar-refractivity contribution >= 4 is 5.97 Å². The van der Waals surface area contributed by atoms with E-state index in [0.29, 0.717) is 12.2 Å². The van der Waals surface area contributed by atoms with E-state index in [2.05, 4.69) is 4.74 Å². The third kappa shape index (κ3) is 3.73. The fraction of sp³-hybridized carbons (Fsp3) is 0.500. The molecule has 0 amide bonds. The van der Waals surface area contributed by atoms with E-state index in [4.69, 9.17) is 5.11 Å². The van der Waals surface area contributed by atoms with E-state index >= 15 is 0 Å². The number of carboxylic acids is 1. The summed E-state index contributed by atoms with van der Waals surface area (Å²) >= 11 is 0. The van der Waals surface area contributed by atoms with Gasteiger partial charge in [-0.1, -0.05) is 0 Å². The number of hydrogen-bond donors (Lipinski definition) is 1. The van der Waals surface area contributed by atoms with Crippen LogP contribution in [0.3, 0.4) is 0 Å². The first kappa shape index (κ1) is 8.17. The lowest BCUT2D eigenvalue weighted by Crippen LogP contribution is -1.97. The number of hydrogen-bond acceptors (Lipinski definition) is 2. The van der Waals surface area contributed by atoms with Gasteiger partial charge in [0.15, 0.2) is 0 Å². The monoisotopic (exact) mass is 130 g/mol. The van der Waals surface area contributed by atoms with Gasteiger partial charge in [0.1, 0.15) is 0 Å². The largest absolute Gasteiger partial charge is 0.478 e. The molecule has 0 heterocycles. The summed E-state index contributed by atoms with van der Waals surface area (Å²) in [6.45, 7) is 1.89. The van der Waals surface area contributed by atoms with Crippen LogP contribution in [-0.2, 0) is 9.53 Å². The zero-order chi connectivity index (χ0) is 7.28. The molecule has 0 spiro atoms. The molecule has 0 saturated carbocycles. The van der Waals surface area contributed by atoms with E-state index in [9.17, 15) is 4.79 Å². The Kier molecular flexibility index (Phi) is 3.71. The lowest BCUT2D eigenvalue weighted by molar-refractivity contribution is -0.132. The molecular formula is C6H10O3. The molecule has 0 aliphatic heterocycles. The van der Waals surface area contributed by atoms with Crippen LogP contribution >= 0.6 is 0 Å². The van der Waals surface area contributed by atoms with Crippen molar-refractivity contribution in [2.24, 2.45) is 0 Å². The SMILES string of the molecule is COC/C=C(\C)C(=O)O. The predicted molar refractivity (Wildman–Crippen MR) is 33.3 cm³/mol. The number of carbonyl (C=O) groups is 1. The smallest absolute Gasteiger partial charge is 0.331 e. The summed E-state index contributed by atoms with van der Waals surface area (Å²) in [5.74, 6) is -0.896. The van der Waals surface area contributed by atoms with E-state index in [0.717, 1.165) is 0 Å². The van der Waals surface area contributed by atoms with Crippen molar-refractivity contribution in [3.05, 3.63) is 11.6 Å². The van der Waals surface area contributed by atoms with Crippen molar-refractivity contribution in [2.75, 3.05) is 13.7 Å². The average molecular weight is 130 g/mol. The minimum absolute atomic E-state index is 0.317. The summed E-state index contributed by atoms with van der Waals surface area (Å²) in [7, 11) is 1.52. The quantitative estimate of drug-likeness (QED) is 0.571. The Morgan fingerprint density at radius 1 is 1.78 bits per heavy atom. The van der Waals surface area contributed by atoms with Crippen molar-refractivity contribution in [3.63, 3.8) is 0 Å². The molecule has 0 aliphatic carbocycles. The Labute approximate surface area is 53.9 Å². The van der Waals surface area contributed by atoms with E-state index in [-0.39, 0.29) is 0 Å². The van der Waals surface area contributed by atoms with Crippen LogP contribution in [0.15, 0.2) is 11.6 Å². The molecule has 3 heteroatoms. The van der Waals surface area contributed by atoms with Gasteiger partial charge in [-0.2, -0.15) is 0 Å². The molecule has 0 aromatic carbocycles. The Hall–Kier alpha value is -0.830. The molecular weight excluding hydrogens is 120 g/mol. The van der Waals surface area contributed by atoms with Crippen LogP contribution in [0, 0.1) is 0 Å². The minimum Gasteiger partial charge on any atom is -0.478 e. The van der Waals surface area contributed by atoms with Gasteiger partial charge in [0, 0.05) is 12.7 Å². The Bertz CT molecular complexity index is 126. The predicted octanol–water partition coefficient (Wildman–Crippen LogP) is 0.664. The molecule has 0 atom stereocenters. The van der Waals surface area contributed by atoms with Crippen LogP contribution in [-0.4, -0.2) is 24.8 Å². The molecule has 0 fully saturated rings. The van der Waals surface area contributed by atoms with Crippen molar-refractivity contribution in [1.82, 2.24) is 0 Å². The van der Waals surface area contributed by atoms with Gasteiger partial charge in [-0.25, -0.2) is 4.79 Å². The second-order valence-corrected chi connectivity index (χ2v) is 1.65. The van der Waals surface area contributed by atoms with Crippen molar-refractivity contribution in [3.8, 4) is 0 Å². The van der Waals surface area contributed by atoms with Crippen LogP contribution in [0.4, 0.5) is 0 Å². The summed E-state index contributed by atoms with van der Waals surface area (Å²) < 4.78 is 4.62. The first-order valence-corrected chi connectivity index (χ1v) is 2.57. The first-order valence-electron chi connectivity index (χ1n) is 2.57. The molecule has 0 rings (SSSR count). The summed E-state index contributed by atoms with van der Waals surface area (Å²) in [5, 5.41) is 8.28. The summed E-state index contributed by atoms with van der Waals surface area (Å²) in [5.41, 5.74) is 0.317. The molecule has 1 N–H and O–H groups in total. The highest BCUT2D eigenvalue weighted by Gasteiger charge is 1.96. The van der Waals surface area contributed by atoms with Crippen LogP contribution in [0.1, 0.15) is 6.92 Å². The maximum absolute atomic E-state index is 10.1. The molecule has 0 unspecified atom stereocenters. The first-order chi connectivity index (χ1) is 4.18. The number of methoxy groups -OCH3 is 1. The van der Waals surface area contributed by atoms with Gasteiger partial charge in [0.25, 0.3) is 0 Å². The molecule has 9 heavy (non-hydrogen) atoms. The number of carboxylic acid groups (broad SMARTS) is 1. The number of aliphatic carboxylic acids is 1. The van der Waals surface area contributed by atoms with Gasteiger partial charge in [-0.3, -0.25) is 0 Å². The number of rotatable bonds is 3. The molecule has 0 radical (unpaired) electrons. The Morgan fingerprint density at radius 2 is 2.33 bits per heavy atom. The van der Waals surface area contributed by atoms with Gasteiger partial charge in [-0.15, -0.1) is 0 Å². The van der Waals surface area contributed by atoms with Crippen LogP contribution in [0.25, 0.3) is 0 Å². The zero-order valence-electron chi connectivity index (χ0n) is 5.55. The maximum atomic E-state index is 10.1. The number of ether oxygens (including phenoxy) is 1. The summed E-state index contributed by atoms with van der Waals surface area (Å²) in [6, 6.07) is 0. The highest BCUT2D eigenvalue weighted by Crippen LogP contribution is 1.90. The van der Waals surface area contributed by atoms with Gasteiger partial charge in [0.05, 0.1) is 6.61 Å². The lowest BCUT2D eigenvalue weighted by atomic mass is 10.3. The van der Waals surface area contributed by atoms with Gasteiger partial charge >= 0.3 is 5.97 Å². The second-order valence-electron chi connectivity index (χ2n) is 1.65. The Balaban J connectivity index is 3.69. The molecule has 0 saturated heterocycles. The van der Waals surface area contributed by atoms with Crippen LogP contribution < -0.4 is 0 Å².